The average molecular weight is 330 g/mol. The van der Waals surface area contributed by atoms with E-state index in [4.69, 9.17) is 9.47 Å². The van der Waals surface area contributed by atoms with Gasteiger partial charge < -0.3 is 19.1 Å². The summed E-state index contributed by atoms with van der Waals surface area (Å²) in [6.45, 7) is 0.116. The number of carbonyl (C=O) groups excluding carboxylic acids is 2. The highest BCUT2D eigenvalue weighted by Crippen LogP contribution is 2.37. The molecule has 0 saturated carbocycles. The van der Waals surface area contributed by atoms with Crippen molar-refractivity contribution in [3.8, 4) is 5.88 Å². The lowest BCUT2D eigenvalue weighted by Crippen LogP contribution is -2.34. The van der Waals surface area contributed by atoms with Gasteiger partial charge in [0, 0.05) is 12.4 Å². The molecule has 0 spiro atoms. The van der Waals surface area contributed by atoms with Gasteiger partial charge in [0.2, 0.25) is 5.88 Å². The summed E-state index contributed by atoms with van der Waals surface area (Å²) in [6, 6.07) is 7.40. The molecule has 1 aliphatic rings. The molecule has 0 bridgehead atoms. The maximum absolute atomic E-state index is 12.3. The molecular weight excluding hydrogens is 312 g/mol. The third kappa shape index (κ3) is 2.24. The van der Waals surface area contributed by atoms with E-state index in [2.05, 4.69) is 4.99 Å². The van der Waals surface area contributed by atoms with Crippen LogP contribution >= 0.6 is 0 Å². The molecule has 7 heteroatoms. The molecule has 24 heavy (non-hydrogen) atoms. The van der Waals surface area contributed by atoms with Crippen LogP contribution in [0.1, 0.15) is 5.56 Å². The molecule has 2 aromatic rings. The molecule has 126 valence electrons. The van der Waals surface area contributed by atoms with Gasteiger partial charge >= 0.3 is 11.9 Å². The number of aromatic nitrogens is 1. The van der Waals surface area contributed by atoms with E-state index < -0.39 is 23.8 Å². The van der Waals surface area contributed by atoms with Crippen LogP contribution in [0.2, 0.25) is 0 Å². The number of esters is 2. The number of rotatable bonds is 3. The van der Waals surface area contributed by atoms with E-state index in [1.165, 1.54) is 14.2 Å². The lowest BCUT2D eigenvalue weighted by atomic mass is 9.87. The zero-order valence-electron chi connectivity index (χ0n) is 13.6. The molecule has 0 radical (unpaired) electrons. The molecule has 2 heterocycles. The van der Waals surface area contributed by atoms with Gasteiger partial charge in [-0.1, -0.05) is 18.2 Å². The number of hydrogen-bond acceptors (Lipinski definition) is 6. The summed E-state index contributed by atoms with van der Waals surface area (Å²) in [5, 5.41) is 11.3. The van der Waals surface area contributed by atoms with Crippen molar-refractivity contribution in [3.63, 3.8) is 0 Å². The molecule has 7 nitrogen and oxygen atoms in total. The van der Waals surface area contributed by atoms with Crippen molar-refractivity contribution in [1.82, 2.24) is 4.57 Å². The number of nitrogens with zero attached hydrogens (tertiary/aromatic N) is 2. The van der Waals surface area contributed by atoms with E-state index in [-0.39, 0.29) is 12.4 Å². The first-order valence-electron chi connectivity index (χ1n) is 7.48. The Kier molecular flexibility index (Phi) is 4.01. The van der Waals surface area contributed by atoms with Crippen LogP contribution in [-0.4, -0.2) is 48.1 Å². The number of aliphatic imine (C=N–C) groups is 1. The number of aromatic hydroxyl groups is 1. The summed E-state index contributed by atoms with van der Waals surface area (Å²) >= 11 is 0. The minimum absolute atomic E-state index is 0.00521. The fraction of sp³-hybridized carbons (Fsp3) is 0.353. The van der Waals surface area contributed by atoms with Crippen LogP contribution in [0.25, 0.3) is 10.9 Å². The minimum Gasteiger partial charge on any atom is -0.494 e. The van der Waals surface area contributed by atoms with Gasteiger partial charge in [-0.2, -0.15) is 0 Å². The highest BCUT2D eigenvalue weighted by molar-refractivity contribution is 6.21. The Balaban J connectivity index is 2.17. The Bertz CT molecular complexity index is 852. The number of methoxy groups -OCH3 is 2. The zero-order chi connectivity index (χ0) is 17.4. The predicted octanol–water partition coefficient (Wildman–Crippen LogP) is 1.26. The Morgan fingerprint density at radius 1 is 1.21 bits per heavy atom. The fourth-order valence-electron chi connectivity index (χ4n) is 3.22. The van der Waals surface area contributed by atoms with E-state index in [1.807, 2.05) is 24.3 Å². The van der Waals surface area contributed by atoms with E-state index in [1.54, 1.807) is 11.6 Å². The largest absolute Gasteiger partial charge is 0.494 e. The normalized spacial score (nSPS) is 20.0. The number of benzene rings is 1. The molecule has 1 N–H and O–H groups in total. The van der Waals surface area contributed by atoms with Crippen molar-refractivity contribution in [3.05, 3.63) is 29.8 Å². The number of fused-ring (bicyclic) bond motifs is 1. The third-order valence-electron chi connectivity index (χ3n) is 4.45. The van der Waals surface area contributed by atoms with Crippen molar-refractivity contribution < 1.29 is 24.2 Å². The maximum atomic E-state index is 12.3. The minimum atomic E-state index is -0.904. The quantitative estimate of drug-likeness (QED) is 0.856. The van der Waals surface area contributed by atoms with E-state index in [9.17, 15) is 14.7 Å². The Labute approximate surface area is 138 Å². The van der Waals surface area contributed by atoms with E-state index in [0.29, 0.717) is 11.3 Å². The van der Waals surface area contributed by atoms with Crippen molar-refractivity contribution in [1.29, 1.82) is 0 Å². The molecule has 0 saturated heterocycles. The number of aryl methyl sites for hydroxylation is 1. The van der Waals surface area contributed by atoms with Crippen LogP contribution in [0, 0.1) is 11.8 Å². The van der Waals surface area contributed by atoms with Gasteiger partial charge in [-0.3, -0.25) is 14.6 Å². The van der Waals surface area contributed by atoms with Crippen LogP contribution in [0.15, 0.2) is 29.3 Å². The van der Waals surface area contributed by atoms with Gasteiger partial charge in [0.05, 0.1) is 43.5 Å². The van der Waals surface area contributed by atoms with Gasteiger partial charge in [0.15, 0.2) is 0 Å². The van der Waals surface area contributed by atoms with Crippen molar-refractivity contribution in [2.24, 2.45) is 23.9 Å². The van der Waals surface area contributed by atoms with Gasteiger partial charge in [-0.15, -0.1) is 0 Å². The second-order valence-electron chi connectivity index (χ2n) is 5.63. The summed E-state index contributed by atoms with van der Waals surface area (Å²) in [6.07, 6.45) is 0. The summed E-state index contributed by atoms with van der Waals surface area (Å²) in [7, 11) is 4.25. The fourth-order valence-corrected chi connectivity index (χ4v) is 3.22. The van der Waals surface area contributed by atoms with Gasteiger partial charge in [0.25, 0.3) is 0 Å². The number of para-hydroxylation sites is 1. The smallest absolute Gasteiger partial charge is 0.315 e. The van der Waals surface area contributed by atoms with Crippen molar-refractivity contribution >= 4 is 28.6 Å². The lowest BCUT2D eigenvalue weighted by molar-refractivity contribution is -0.153. The standard InChI is InChI=1S/C17H18N2O5/c1-19-11-7-5-4-6-9(11)12(15(19)20)14-13(17(22)24-3)10(8-18-14)16(21)23-2/h4-7,10,13,20H,8H2,1-3H3/t10-,13+/m0/s1. The molecule has 2 atom stereocenters. The monoisotopic (exact) mass is 330 g/mol. The highest BCUT2D eigenvalue weighted by Gasteiger charge is 2.45. The molecule has 0 unspecified atom stereocenters. The van der Waals surface area contributed by atoms with E-state index >= 15 is 0 Å². The maximum Gasteiger partial charge on any atom is 0.315 e. The molecule has 1 aromatic carbocycles. The van der Waals surface area contributed by atoms with Gasteiger partial charge in [-0.05, 0) is 6.07 Å². The molecule has 0 amide bonds. The molecular formula is C17H18N2O5. The Morgan fingerprint density at radius 2 is 1.88 bits per heavy atom. The van der Waals surface area contributed by atoms with E-state index in [0.717, 1.165) is 10.9 Å². The SMILES string of the molecule is COC(=O)[C@H]1C(c2c(O)n(C)c3ccccc23)=NC[C@@H]1C(=O)OC. The second-order valence-corrected chi connectivity index (χ2v) is 5.63. The first kappa shape index (κ1) is 16.0. The van der Waals surface area contributed by atoms with Crippen LogP contribution in [0.5, 0.6) is 5.88 Å². The number of hydrogen-bond donors (Lipinski definition) is 1. The summed E-state index contributed by atoms with van der Waals surface area (Å²) in [5.74, 6) is -2.76. The molecule has 0 fully saturated rings. The third-order valence-corrected chi connectivity index (χ3v) is 4.45. The van der Waals surface area contributed by atoms with Gasteiger partial charge in [-0.25, -0.2) is 0 Å². The summed E-state index contributed by atoms with van der Waals surface area (Å²) < 4.78 is 11.3. The number of ether oxygens (including phenoxy) is 2. The summed E-state index contributed by atoms with van der Waals surface area (Å²) in [5.41, 5.74) is 1.61. The molecule has 1 aromatic heterocycles. The Morgan fingerprint density at radius 3 is 2.54 bits per heavy atom. The second kappa shape index (κ2) is 5.99. The molecule has 0 aliphatic carbocycles. The first-order valence-corrected chi connectivity index (χ1v) is 7.48. The first-order chi connectivity index (χ1) is 11.5. The van der Waals surface area contributed by atoms with Crippen LogP contribution in [-0.2, 0) is 26.1 Å². The van der Waals surface area contributed by atoms with Crippen molar-refractivity contribution in [2.75, 3.05) is 20.8 Å². The van der Waals surface area contributed by atoms with Crippen molar-refractivity contribution in [2.45, 2.75) is 0 Å². The molecule has 3 rings (SSSR count). The summed E-state index contributed by atoms with van der Waals surface area (Å²) in [4.78, 5) is 28.7. The van der Waals surface area contributed by atoms with Crippen LogP contribution in [0.3, 0.4) is 0 Å². The molecule has 1 aliphatic heterocycles. The lowest BCUT2D eigenvalue weighted by Gasteiger charge is -2.17. The number of carbonyl (C=O) groups is 2. The van der Waals surface area contributed by atoms with Crippen LogP contribution in [0.4, 0.5) is 0 Å². The van der Waals surface area contributed by atoms with Crippen LogP contribution < -0.4 is 0 Å². The zero-order valence-corrected chi connectivity index (χ0v) is 13.6. The predicted molar refractivity (Wildman–Crippen MR) is 87.0 cm³/mol. The highest BCUT2D eigenvalue weighted by atomic mass is 16.5. The average Bonchev–Trinajstić information content (AvgIpc) is 3.14. The van der Waals surface area contributed by atoms with Gasteiger partial charge in [0.1, 0.15) is 5.92 Å². The topological polar surface area (TPSA) is 90.1 Å². The Hall–Kier alpha value is -2.83.